The van der Waals surface area contributed by atoms with E-state index < -0.39 is 17.8 Å². The van der Waals surface area contributed by atoms with Crippen LogP contribution in [0.3, 0.4) is 0 Å². The van der Waals surface area contributed by atoms with Crippen molar-refractivity contribution in [3.05, 3.63) is 0 Å². The van der Waals surface area contributed by atoms with Crippen LogP contribution in [-0.4, -0.2) is 35.6 Å². The number of carbonyl (C=O) groups excluding carboxylic acids is 2. The lowest BCUT2D eigenvalue weighted by atomic mass is 9.84. The highest BCUT2D eigenvalue weighted by Crippen LogP contribution is 2.24. The van der Waals surface area contributed by atoms with Crippen molar-refractivity contribution in [2.45, 2.75) is 44.6 Å². The van der Waals surface area contributed by atoms with Crippen LogP contribution in [0.25, 0.3) is 0 Å². The number of urea groups is 1. The number of nitrogens with two attached hydrogens (primary N) is 1. The molecule has 0 aromatic heterocycles. The summed E-state index contributed by atoms with van der Waals surface area (Å²) in [6, 6.07) is -0.704. The van der Waals surface area contributed by atoms with Crippen LogP contribution in [0.1, 0.15) is 38.5 Å². The third kappa shape index (κ3) is 5.58. The number of primary amides is 1. The van der Waals surface area contributed by atoms with E-state index in [1.54, 1.807) is 0 Å². The minimum atomic E-state index is -0.862. The van der Waals surface area contributed by atoms with Crippen LogP contribution in [0.15, 0.2) is 0 Å². The maximum absolute atomic E-state index is 11.6. The van der Waals surface area contributed by atoms with Gasteiger partial charge < -0.3 is 21.5 Å². The van der Waals surface area contributed by atoms with E-state index in [0.29, 0.717) is 25.8 Å². The Hall–Kier alpha value is -1.79. The Morgan fingerprint density at radius 3 is 2.53 bits per heavy atom. The molecule has 1 aliphatic rings. The Bertz CT molecular complexity index is 346. The van der Waals surface area contributed by atoms with Gasteiger partial charge in [-0.1, -0.05) is 12.8 Å². The fourth-order valence-electron chi connectivity index (χ4n) is 2.28. The number of carboxylic acid groups (broad SMARTS) is 1. The van der Waals surface area contributed by atoms with Gasteiger partial charge in [0.2, 0.25) is 5.91 Å². The van der Waals surface area contributed by atoms with Crippen LogP contribution in [0.5, 0.6) is 0 Å². The molecule has 3 amide bonds. The number of hydrogen-bond donors (Lipinski definition) is 4. The lowest BCUT2D eigenvalue weighted by Gasteiger charge is -2.29. The van der Waals surface area contributed by atoms with Crippen molar-refractivity contribution < 1.29 is 19.5 Å². The number of rotatable bonds is 6. The minimum Gasteiger partial charge on any atom is -0.481 e. The van der Waals surface area contributed by atoms with Gasteiger partial charge in [-0.15, -0.1) is 0 Å². The summed E-state index contributed by atoms with van der Waals surface area (Å²) in [5.41, 5.74) is 4.98. The van der Waals surface area contributed by atoms with Crippen LogP contribution in [0, 0.1) is 5.92 Å². The molecule has 0 saturated heterocycles. The van der Waals surface area contributed by atoms with Gasteiger partial charge in [-0.05, 0) is 19.3 Å². The molecule has 2 unspecified atom stereocenters. The van der Waals surface area contributed by atoms with Crippen molar-refractivity contribution in [2.24, 2.45) is 11.7 Å². The van der Waals surface area contributed by atoms with E-state index in [1.165, 1.54) is 0 Å². The van der Waals surface area contributed by atoms with Crippen molar-refractivity contribution in [3.8, 4) is 0 Å². The zero-order valence-electron chi connectivity index (χ0n) is 10.9. The first-order valence-electron chi connectivity index (χ1n) is 6.56. The van der Waals surface area contributed by atoms with Gasteiger partial charge in [-0.25, -0.2) is 4.79 Å². The van der Waals surface area contributed by atoms with E-state index in [-0.39, 0.29) is 18.5 Å². The van der Waals surface area contributed by atoms with E-state index in [1.807, 2.05) is 0 Å². The van der Waals surface area contributed by atoms with Crippen LogP contribution in [-0.2, 0) is 9.59 Å². The Labute approximate surface area is 111 Å². The zero-order chi connectivity index (χ0) is 14.3. The number of hydrogen-bond acceptors (Lipinski definition) is 3. The number of amides is 3. The second-order valence-corrected chi connectivity index (χ2v) is 4.81. The third-order valence-electron chi connectivity index (χ3n) is 3.29. The standard InChI is InChI=1S/C12H21N3O4/c13-10(16)6-3-7-14-12(19)15-9-5-2-1-4-8(9)11(17)18/h8-9H,1-7H2,(H2,13,16)(H,17,18)(H2,14,15,19). The summed E-state index contributed by atoms with van der Waals surface area (Å²) in [4.78, 5) is 33.2. The lowest BCUT2D eigenvalue weighted by molar-refractivity contribution is -0.143. The van der Waals surface area contributed by atoms with Gasteiger partial charge in [0.1, 0.15) is 0 Å². The summed E-state index contributed by atoms with van der Waals surface area (Å²) in [5, 5.41) is 14.4. The highest BCUT2D eigenvalue weighted by molar-refractivity contribution is 5.77. The van der Waals surface area contributed by atoms with Gasteiger partial charge in [0, 0.05) is 19.0 Å². The summed E-state index contributed by atoms with van der Waals surface area (Å²) in [6.07, 6.45) is 3.80. The van der Waals surface area contributed by atoms with Gasteiger partial charge >= 0.3 is 12.0 Å². The average Bonchev–Trinajstić information content (AvgIpc) is 2.35. The van der Waals surface area contributed by atoms with Gasteiger partial charge in [0.15, 0.2) is 0 Å². The molecule has 5 N–H and O–H groups in total. The monoisotopic (exact) mass is 271 g/mol. The molecule has 1 rings (SSSR count). The zero-order valence-corrected chi connectivity index (χ0v) is 10.9. The van der Waals surface area contributed by atoms with E-state index in [0.717, 1.165) is 12.8 Å². The molecule has 0 bridgehead atoms. The Morgan fingerprint density at radius 1 is 1.21 bits per heavy atom. The van der Waals surface area contributed by atoms with Crippen LogP contribution in [0.2, 0.25) is 0 Å². The number of aliphatic carboxylic acids is 1. The highest BCUT2D eigenvalue weighted by atomic mass is 16.4. The average molecular weight is 271 g/mol. The van der Waals surface area contributed by atoms with Crippen molar-refractivity contribution in [2.75, 3.05) is 6.54 Å². The second-order valence-electron chi connectivity index (χ2n) is 4.81. The molecule has 7 heteroatoms. The van der Waals surface area contributed by atoms with Gasteiger partial charge in [-0.3, -0.25) is 9.59 Å². The summed E-state index contributed by atoms with van der Waals surface area (Å²) < 4.78 is 0. The molecule has 1 aliphatic carbocycles. The fourth-order valence-corrected chi connectivity index (χ4v) is 2.28. The molecule has 108 valence electrons. The lowest BCUT2D eigenvalue weighted by Crippen LogP contribution is -2.49. The smallest absolute Gasteiger partial charge is 0.315 e. The molecule has 2 atom stereocenters. The number of carbonyl (C=O) groups is 3. The molecular weight excluding hydrogens is 250 g/mol. The molecule has 7 nitrogen and oxygen atoms in total. The van der Waals surface area contributed by atoms with Gasteiger partial charge in [-0.2, -0.15) is 0 Å². The van der Waals surface area contributed by atoms with E-state index >= 15 is 0 Å². The Balaban J connectivity index is 2.29. The highest BCUT2D eigenvalue weighted by Gasteiger charge is 2.31. The van der Waals surface area contributed by atoms with E-state index in [4.69, 9.17) is 10.8 Å². The largest absolute Gasteiger partial charge is 0.481 e. The van der Waals surface area contributed by atoms with E-state index in [9.17, 15) is 14.4 Å². The van der Waals surface area contributed by atoms with Crippen LogP contribution < -0.4 is 16.4 Å². The van der Waals surface area contributed by atoms with Crippen LogP contribution >= 0.6 is 0 Å². The predicted molar refractivity (Wildman–Crippen MR) is 68.3 cm³/mol. The molecule has 0 spiro atoms. The fraction of sp³-hybridized carbons (Fsp3) is 0.750. The van der Waals surface area contributed by atoms with Crippen molar-refractivity contribution >= 4 is 17.9 Å². The Kier molecular flexibility index (Phi) is 6.11. The normalized spacial score (nSPS) is 22.5. The summed E-state index contributed by atoms with van der Waals surface area (Å²) in [6.45, 7) is 0.346. The summed E-state index contributed by atoms with van der Waals surface area (Å²) in [7, 11) is 0. The molecule has 0 aromatic rings. The third-order valence-corrected chi connectivity index (χ3v) is 3.29. The molecule has 0 aromatic carbocycles. The number of carboxylic acids is 1. The topological polar surface area (TPSA) is 122 Å². The summed E-state index contributed by atoms with van der Waals surface area (Å²) in [5.74, 6) is -1.77. The van der Waals surface area contributed by atoms with Gasteiger partial charge in [0.25, 0.3) is 0 Å². The first kappa shape index (κ1) is 15.3. The quantitative estimate of drug-likeness (QED) is 0.515. The molecule has 0 heterocycles. The maximum Gasteiger partial charge on any atom is 0.315 e. The molecule has 0 radical (unpaired) electrons. The predicted octanol–water partition coefficient (Wildman–Crippen LogP) is 0.194. The molecular formula is C12H21N3O4. The van der Waals surface area contributed by atoms with Crippen LogP contribution in [0.4, 0.5) is 4.79 Å². The van der Waals surface area contributed by atoms with E-state index in [2.05, 4.69) is 10.6 Å². The number of nitrogens with one attached hydrogen (secondary N) is 2. The molecule has 1 saturated carbocycles. The summed E-state index contributed by atoms with van der Waals surface area (Å²) >= 11 is 0. The molecule has 19 heavy (non-hydrogen) atoms. The van der Waals surface area contributed by atoms with Gasteiger partial charge in [0.05, 0.1) is 5.92 Å². The van der Waals surface area contributed by atoms with Crippen molar-refractivity contribution in [1.82, 2.24) is 10.6 Å². The Morgan fingerprint density at radius 2 is 1.89 bits per heavy atom. The molecule has 1 fully saturated rings. The molecule has 0 aliphatic heterocycles. The maximum atomic E-state index is 11.6. The first-order valence-corrected chi connectivity index (χ1v) is 6.56. The first-order chi connectivity index (χ1) is 9.00. The van der Waals surface area contributed by atoms with Crippen molar-refractivity contribution in [1.29, 1.82) is 0 Å². The van der Waals surface area contributed by atoms with Crippen molar-refractivity contribution in [3.63, 3.8) is 0 Å². The minimum absolute atomic E-state index is 0.224. The SMILES string of the molecule is NC(=O)CCCNC(=O)NC1CCCCC1C(=O)O. The second kappa shape index (κ2) is 7.60.